The van der Waals surface area contributed by atoms with E-state index in [1.54, 1.807) is 36.4 Å². The molecule has 2 heterocycles. The van der Waals surface area contributed by atoms with E-state index in [1.165, 1.54) is 17.2 Å². The molecule has 2 aliphatic heterocycles. The SMILES string of the molecule is CCCOc1ccc(N2C(=O)[C@@H]3[C@H](ON(c4cccc([N+](=O)[O-])c4)[C@H]3c3ccc(N(C)C)cc3)C2=O)cc1. The molecule has 3 aromatic carbocycles. The number of anilines is 3. The van der Waals surface area contributed by atoms with Crippen molar-refractivity contribution < 1.29 is 24.1 Å². The number of hydrogen-bond acceptors (Lipinski definition) is 8. The number of ether oxygens (including phenoxy) is 1. The van der Waals surface area contributed by atoms with Gasteiger partial charge in [-0.05, 0) is 54.4 Å². The van der Waals surface area contributed by atoms with E-state index in [0.29, 0.717) is 23.7 Å². The first-order valence-corrected chi connectivity index (χ1v) is 12.4. The topological polar surface area (TPSA) is 105 Å². The maximum Gasteiger partial charge on any atom is 0.271 e. The van der Waals surface area contributed by atoms with E-state index < -0.39 is 34.8 Å². The van der Waals surface area contributed by atoms with Gasteiger partial charge in [-0.15, -0.1) is 0 Å². The van der Waals surface area contributed by atoms with Crippen molar-refractivity contribution in [2.75, 3.05) is 35.6 Å². The minimum Gasteiger partial charge on any atom is -0.494 e. The summed E-state index contributed by atoms with van der Waals surface area (Å²) in [6.07, 6.45) is -0.208. The Balaban J connectivity index is 1.52. The predicted molar refractivity (Wildman–Crippen MR) is 142 cm³/mol. The Morgan fingerprint density at radius 3 is 2.32 bits per heavy atom. The Morgan fingerprint density at radius 1 is 0.974 bits per heavy atom. The summed E-state index contributed by atoms with van der Waals surface area (Å²) in [6.45, 7) is 2.58. The summed E-state index contributed by atoms with van der Waals surface area (Å²) in [5, 5.41) is 12.9. The van der Waals surface area contributed by atoms with E-state index in [9.17, 15) is 19.7 Å². The highest BCUT2D eigenvalue weighted by Gasteiger charge is 2.60. The van der Waals surface area contributed by atoms with E-state index in [4.69, 9.17) is 9.57 Å². The number of hydrogen-bond donors (Lipinski definition) is 0. The van der Waals surface area contributed by atoms with Gasteiger partial charge < -0.3 is 9.64 Å². The highest BCUT2D eigenvalue weighted by molar-refractivity contribution is 6.23. The van der Waals surface area contributed by atoms with Crippen molar-refractivity contribution in [3.8, 4) is 5.75 Å². The number of nitro benzene ring substituents is 1. The standard InChI is InChI=1S/C28H28N4O6/c1-4-16-37-23-14-12-20(13-15-23)30-27(33)24-25(18-8-10-19(11-9-18)29(2)3)31(38-26(24)28(30)34)21-6-5-7-22(17-21)32(35)36/h5-15,17,24-26H,4,16H2,1-3H3/t24-,25-,26-/m0/s1. The highest BCUT2D eigenvalue weighted by Crippen LogP contribution is 2.48. The molecule has 10 nitrogen and oxygen atoms in total. The molecule has 0 aliphatic carbocycles. The minimum absolute atomic E-state index is 0.116. The molecule has 2 fully saturated rings. The van der Waals surface area contributed by atoms with Gasteiger partial charge in [-0.25, -0.2) is 9.96 Å². The number of fused-ring (bicyclic) bond motifs is 1. The zero-order valence-electron chi connectivity index (χ0n) is 21.3. The molecule has 5 rings (SSSR count). The smallest absolute Gasteiger partial charge is 0.271 e. The van der Waals surface area contributed by atoms with Crippen LogP contribution in [0.4, 0.5) is 22.7 Å². The second kappa shape index (κ2) is 10.1. The van der Waals surface area contributed by atoms with Crippen molar-refractivity contribution in [1.29, 1.82) is 0 Å². The molecule has 0 unspecified atom stereocenters. The number of nitrogens with zero attached hydrogens (tertiary/aromatic N) is 4. The number of carbonyl (C=O) groups is 2. The van der Waals surface area contributed by atoms with Crippen molar-refractivity contribution in [3.63, 3.8) is 0 Å². The van der Waals surface area contributed by atoms with Gasteiger partial charge in [0.25, 0.3) is 11.6 Å². The molecule has 10 heteroatoms. The summed E-state index contributed by atoms with van der Waals surface area (Å²) in [6, 6.07) is 19.7. The van der Waals surface area contributed by atoms with Crippen LogP contribution >= 0.6 is 0 Å². The van der Waals surface area contributed by atoms with Crippen LogP contribution in [-0.4, -0.2) is 43.5 Å². The Kier molecular flexibility index (Phi) is 6.73. The van der Waals surface area contributed by atoms with Crippen molar-refractivity contribution in [2.45, 2.75) is 25.5 Å². The number of carbonyl (C=O) groups excluding carboxylic acids is 2. The van der Waals surface area contributed by atoms with E-state index in [-0.39, 0.29) is 5.69 Å². The summed E-state index contributed by atoms with van der Waals surface area (Å²) >= 11 is 0. The first kappa shape index (κ1) is 25.2. The number of rotatable bonds is 8. The molecule has 0 bridgehead atoms. The van der Waals surface area contributed by atoms with Crippen LogP contribution in [0.1, 0.15) is 24.9 Å². The molecule has 0 N–H and O–H groups in total. The molecular formula is C28H28N4O6. The summed E-state index contributed by atoms with van der Waals surface area (Å²) in [5.41, 5.74) is 2.42. The molecular weight excluding hydrogens is 488 g/mol. The maximum atomic E-state index is 13.8. The van der Waals surface area contributed by atoms with E-state index in [2.05, 4.69) is 0 Å². The molecule has 0 aromatic heterocycles. The van der Waals surface area contributed by atoms with Crippen LogP contribution in [0, 0.1) is 16.0 Å². The van der Waals surface area contributed by atoms with Gasteiger partial charge in [0.2, 0.25) is 5.91 Å². The summed E-state index contributed by atoms with van der Waals surface area (Å²) < 4.78 is 5.62. The molecule has 0 radical (unpaired) electrons. The average Bonchev–Trinajstić information content (AvgIpc) is 3.43. The van der Waals surface area contributed by atoms with Crippen molar-refractivity contribution in [3.05, 3.63) is 88.5 Å². The van der Waals surface area contributed by atoms with Crippen LogP contribution < -0.4 is 19.6 Å². The van der Waals surface area contributed by atoms with Crippen LogP contribution in [0.2, 0.25) is 0 Å². The van der Waals surface area contributed by atoms with Gasteiger partial charge in [0.05, 0.1) is 28.9 Å². The van der Waals surface area contributed by atoms with E-state index in [0.717, 1.165) is 22.6 Å². The quantitative estimate of drug-likeness (QED) is 0.245. The lowest BCUT2D eigenvalue weighted by Gasteiger charge is -2.29. The Hall–Kier alpha value is -4.44. The first-order chi connectivity index (χ1) is 18.3. The number of nitro groups is 1. The molecule has 2 amide bonds. The van der Waals surface area contributed by atoms with Crippen LogP contribution in [0.15, 0.2) is 72.8 Å². The predicted octanol–water partition coefficient (Wildman–Crippen LogP) is 4.50. The Labute approximate surface area is 220 Å². The lowest BCUT2D eigenvalue weighted by molar-refractivity contribution is -0.384. The number of amides is 2. The fourth-order valence-electron chi connectivity index (χ4n) is 4.86. The molecule has 0 saturated carbocycles. The number of non-ortho nitro benzene ring substituents is 1. The number of hydroxylamine groups is 1. The second-order valence-corrected chi connectivity index (χ2v) is 9.44. The summed E-state index contributed by atoms with van der Waals surface area (Å²) in [7, 11) is 3.85. The second-order valence-electron chi connectivity index (χ2n) is 9.44. The monoisotopic (exact) mass is 516 g/mol. The fourth-order valence-corrected chi connectivity index (χ4v) is 4.86. The van der Waals surface area contributed by atoms with Gasteiger partial charge in [0.15, 0.2) is 6.10 Å². The summed E-state index contributed by atoms with van der Waals surface area (Å²) in [4.78, 5) is 47.5. The van der Waals surface area contributed by atoms with Gasteiger partial charge in [0, 0.05) is 31.9 Å². The molecule has 3 atom stereocenters. The third-order valence-electron chi connectivity index (χ3n) is 6.73. The zero-order chi connectivity index (χ0) is 27.0. The van der Waals surface area contributed by atoms with E-state index in [1.807, 2.05) is 50.2 Å². The van der Waals surface area contributed by atoms with Crippen molar-refractivity contribution >= 4 is 34.6 Å². The van der Waals surface area contributed by atoms with Gasteiger partial charge in [0.1, 0.15) is 11.7 Å². The fraction of sp³-hybridized carbons (Fsp3) is 0.286. The van der Waals surface area contributed by atoms with Crippen LogP contribution in [0.5, 0.6) is 5.75 Å². The van der Waals surface area contributed by atoms with Gasteiger partial charge in [-0.1, -0.05) is 25.1 Å². The van der Waals surface area contributed by atoms with Gasteiger partial charge >= 0.3 is 0 Å². The van der Waals surface area contributed by atoms with Crippen LogP contribution in [0.3, 0.4) is 0 Å². The largest absolute Gasteiger partial charge is 0.494 e. The first-order valence-electron chi connectivity index (χ1n) is 12.4. The lowest BCUT2D eigenvalue weighted by atomic mass is 9.90. The number of imide groups is 1. The molecule has 3 aromatic rings. The zero-order valence-corrected chi connectivity index (χ0v) is 21.3. The molecule has 196 valence electrons. The lowest BCUT2D eigenvalue weighted by Crippen LogP contribution is -2.37. The Morgan fingerprint density at radius 2 is 1.68 bits per heavy atom. The third-order valence-corrected chi connectivity index (χ3v) is 6.73. The summed E-state index contributed by atoms with van der Waals surface area (Å²) in [5.74, 6) is -1.06. The van der Waals surface area contributed by atoms with Gasteiger partial charge in [-0.3, -0.25) is 24.5 Å². The molecule has 38 heavy (non-hydrogen) atoms. The minimum atomic E-state index is -1.07. The maximum absolute atomic E-state index is 13.8. The molecule has 0 spiro atoms. The Bertz CT molecular complexity index is 1360. The van der Waals surface area contributed by atoms with Crippen molar-refractivity contribution in [2.24, 2.45) is 5.92 Å². The highest BCUT2D eigenvalue weighted by atomic mass is 16.7. The number of benzene rings is 3. The molecule has 2 aliphatic rings. The van der Waals surface area contributed by atoms with Crippen molar-refractivity contribution in [1.82, 2.24) is 0 Å². The molecule has 2 saturated heterocycles. The average molecular weight is 517 g/mol. The van der Waals surface area contributed by atoms with Crippen LogP contribution in [-0.2, 0) is 14.4 Å². The normalized spacial score (nSPS) is 20.6. The third kappa shape index (κ3) is 4.43. The van der Waals surface area contributed by atoms with Crippen LogP contribution in [0.25, 0.3) is 0 Å². The van der Waals surface area contributed by atoms with E-state index >= 15 is 0 Å². The van der Waals surface area contributed by atoms with Gasteiger partial charge in [-0.2, -0.15) is 0 Å².